The van der Waals surface area contributed by atoms with Crippen LogP contribution in [0.3, 0.4) is 0 Å². The van der Waals surface area contributed by atoms with E-state index in [1.54, 1.807) is 0 Å². The van der Waals surface area contributed by atoms with E-state index in [1.165, 1.54) is 32.1 Å². The third kappa shape index (κ3) is 3.89. The maximum absolute atomic E-state index is 11.6. The third-order valence-corrected chi connectivity index (χ3v) is 8.71. The molecule has 4 aliphatic rings. The van der Waals surface area contributed by atoms with Crippen LogP contribution in [0.25, 0.3) is 10.4 Å². The van der Waals surface area contributed by atoms with Crippen LogP contribution in [0.15, 0.2) is 24.3 Å². The van der Waals surface area contributed by atoms with Crippen LogP contribution in [0.4, 0.5) is 5.69 Å². The van der Waals surface area contributed by atoms with Crippen LogP contribution in [0.5, 0.6) is 5.75 Å². The summed E-state index contributed by atoms with van der Waals surface area (Å²) in [4.78, 5) is 23.0. The molecule has 6 nitrogen and oxygen atoms in total. The van der Waals surface area contributed by atoms with Crippen molar-refractivity contribution in [2.45, 2.75) is 38.1 Å². The van der Waals surface area contributed by atoms with Gasteiger partial charge >= 0.3 is 11.9 Å². The summed E-state index contributed by atoms with van der Waals surface area (Å²) in [5.74, 6) is 0.824. The molecule has 0 unspecified atom stereocenters. The molecule has 2 aromatic rings. The van der Waals surface area contributed by atoms with Gasteiger partial charge in [-0.2, -0.15) is 0 Å². The third-order valence-electron chi connectivity index (χ3n) is 7.03. The van der Waals surface area contributed by atoms with Crippen LogP contribution in [0, 0.1) is 23.7 Å². The van der Waals surface area contributed by atoms with E-state index >= 15 is 0 Å². The molecule has 4 bridgehead atoms. The monoisotopic (exact) mass is 461 g/mol. The fraction of sp³-hybridized carbons (Fsp3) is 0.478. The minimum Gasteiger partial charge on any atom is -0.479 e. The second kappa shape index (κ2) is 8.02. The van der Waals surface area contributed by atoms with E-state index < -0.39 is 18.5 Å². The van der Waals surface area contributed by atoms with Gasteiger partial charge in [0.1, 0.15) is 5.02 Å². The van der Waals surface area contributed by atoms with Crippen LogP contribution >= 0.6 is 22.9 Å². The van der Waals surface area contributed by atoms with Gasteiger partial charge in [-0.05, 0) is 73.5 Å². The van der Waals surface area contributed by atoms with E-state index in [4.69, 9.17) is 21.4 Å². The Morgan fingerprint density at radius 1 is 1.10 bits per heavy atom. The highest BCUT2D eigenvalue weighted by Crippen LogP contribution is 2.54. The van der Waals surface area contributed by atoms with Gasteiger partial charge in [-0.3, -0.25) is 0 Å². The molecule has 31 heavy (non-hydrogen) atoms. The lowest BCUT2D eigenvalue weighted by molar-refractivity contribution is -0.139. The first-order valence-electron chi connectivity index (χ1n) is 10.7. The summed E-state index contributed by atoms with van der Waals surface area (Å²) in [6.45, 7) is -0.649. The summed E-state index contributed by atoms with van der Waals surface area (Å²) in [7, 11) is 0. The Labute approximate surface area is 189 Å². The number of carbonyl (C=O) groups is 2. The van der Waals surface area contributed by atoms with Gasteiger partial charge in [0.2, 0.25) is 0 Å². The zero-order valence-electron chi connectivity index (χ0n) is 16.8. The number of ether oxygens (including phenoxy) is 1. The fourth-order valence-corrected chi connectivity index (χ4v) is 7.49. The van der Waals surface area contributed by atoms with E-state index in [1.807, 2.05) is 24.3 Å². The molecular formula is C23H24ClNO5S. The van der Waals surface area contributed by atoms with Gasteiger partial charge in [0.25, 0.3) is 0 Å². The average Bonchev–Trinajstić information content (AvgIpc) is 3.05. The highest BCUT2D eigenvalue weighted by Gasteiger charge is 2.48. The molecule has 4 aliphatic carbocycles. The number of carboxylic acids is 2. The number of hydrogen-bond donors (Lipinski definition) is 3. The molecule has 0 atom stereocenters. The molecule has 0 saturated heterocycles. The van der Waals surface area contributed by atoms with Gasteiger partial charge in [0.05, 0.1) is 4.88 Å². The maximum Gasteiger partial charge on any atom is 0.349 e. The predicted octanol–water partition coefficient (Wildman–Crippen LogP) is 5.47. The second-order valence-corrected chi connectivity index (χ2v) is 10.5. The van der Waals surface area contributed by atoms with Crippen LogP contribution in [-0.4, -0.2) is 34.8 Å². The topological polar surface area (TPSA) is 95.9 Å². The van der Waals surface area contributed by atoms with Crippen molar-refractivity contribution < 1.29 is 24.5 Å². The Morgan fingerprint density at radius 2 is 1.77 bits per heavy atom. The van der Waals surface area contributed by atoms with Crippen molar-refractivity contribution >= 4 is 40.6 Å². The Bertz CT molecular complexity index is 1010. The first-order valence-corrected chi connectivity index (χ1v) is 11.9. The van der Waals surface area contributed by atoms with E-state index in [0.717, 1.165) is 46.3 Å². The first-order chi connectivity index (χ1) is 14.9. The fourth-order valence-electron chi connectivity index (χ4n) is 6.09. The number of aromatic carboxylic acids is 1. The minimum absolute atomic E-state index is 0.0871. The molecule has 0 spiro atoms. The first kappa shape index (κ1) is 20.6. The smallest absolute Gasteiger partial charge is 0.349 e. The molecule has 8 heteroatoms. The molecule has 0 aliphatic heterocycles. The van der Waals surface area contributed by atoms with Crippen molar-refractivity contribution in [3.63, 3.8) is 0 Å². The lowest BCUT2D eigenvalue weighted by atomic mass is 9.54. The summed E-state index contributed by atoms with van der Waals surface area (Å²) in [6.07, 6.45) is 6.73. The lowest BCUT2D eigenvalue weighted by Crippen LogP contribution is -2.51. The second-order valence-electron chi connectivity index (χ2n) is 9.07. The Morgan fingerprint density at radius 3 is 2.39 bits per heavy atom. The largest absolute Gasteiger partial charge is 0.479 e. The van der Waals surface area contributed by atoms with Crippen molar-refractivity contribution in [1.82, 2.24) is 0 Å². The van der Waals surface area contributed by atoms with Crippen LogP contribution in [-0.2, 0) is 4.79 Å². The Hall–Kier alpha value is -2.25. The molecule has 1 heterocycles. The van der Waals surface area contributed by atoms with Crippen LogP contribution in [0.1, 0.15) is 41.8 Å². The molecular weight excluding hydrogens is 438 g/mol. The molecule has 6 rings (SSSR count). The molecule has 1 aromatic heterocycles. The highest BCUT2D eigenvalue weighted by molar-refractivity contribution is 7.18. The normalized spacial score (nSPS) is 28.5. The van der Waals surface area contributed by atoms with E-state index in [-0.39, 0.29) is 15.6 Å². The molecule has 0 radical (unpaired) electrons. The van der Waals surface area contributed by atoms with E-state index in [2.05, 4.69) is 5.32 Å². The van der Waals surface area contributed by atoms with Crippen molar-refractivity contribution in [1.29, 1.82) is 0 Å². The molecule has 4 saturated carbocycles. The number of benzene rings is 1. The number of nitrogens with one attached hydrogen (secondary N) is 1. The molecule has 4 fully saturated rings. The Balaban J connectivity index is 1.41. The van der Waals surface area contributed by atoms with Crippen LogP contribution in [0.2, 0.25) is 5.02 Å². The molecule has 0 amide bonds. The molecule has 3 N–H and O–H groups in total. The van der Waals surface area contributed by atoms with Gasteiger partial charge < -0.3 is 20.3 Å². The zero-order chi connectivity index (χ0) is 21.7. The van der Waals surface area contributed by atoms with Gasteiger partial charge in [0, 0.05) is 11.7 Å². The molecule has 1 aromatic carbocycles. The number of rotatable bonds is 7. The van der Waals surface area contributed by atoms with E-state index in [0.29, 0.717) is 10.9 Å². The van der Waals surface area contributed by atoms with Gasteiger partial charge in [-0.25, -0.2) is 9.59 Å². The number of thiophene rings is 1. The number of anilines is 1. The zero-order valence-corrected chi connectivity index (χ0v) is 18.4. The average molecular weight is 462 g/mol. The van der Waals surface area contributed by atoms with Gasteiger partial charge in [-0.1, -0.05) is 23.7 Å². The van der Waals surface area contributed by atoms with Crippen molar-refractivity contribution in [2.24, 2.45) is 23.7 Å². The SMILES string of the molecule is O=C(O)COc1c(C(=O)O)sc(-c2cccc(NC3C4CC5CC(C4)CC3C5)c2)c1Cl. The summed E-state index contributed by atoms with van der Waals surface area (Å²) in [5, 5.41) is 22.3. The van der Waals surface area contributed by atoms with Crippen molar-refractivity contribution in [2.75, 3.05) is 11.9 Å². The Kier molecular flexibility index (Phi) is 5.34. The number of aliphatic carboxylic acids is 1. The summed E-state index contributed by atoms with van der Waals surface area (Å²) >= 11 is 7.44. The highest BCUT2D eigenvalue weighted by atomic mass is 35.5. The van der Waals surface area contributed by atoms with Gasteiger partial charge in [0.15, 0.2) is 17.2 Å². The summed E-state index contributed by atoms with van der Waals surface area (Å²) < 4.78 is 5.19. The van der Waals surface area contributed by atoms with Gasteiger partial charge in [-0.15, -0.1) is 11.3 Å². The summed E-state index contributed by atoms with van der Waals surface area (Å²) in [6, 6.07) is 8.34. The number of halogens is 1. The lowest BCUT2D eigenvalue weighted by Gasteiger charge is -2.54. The standard InChI is InChI=1S/C23H24ClNO5S/c24-18-20(30-10-17(26)27)22(23(28)29)31-21(18)13-2-1-3-16(9-13)25-19-14-5-11-4-12(7-14)8-15(19)6-11/h1-3,9,11-12,14-15,19,25H,4-8,10H2,(H,26,27)(H,28,29). The van der Waals surface area contributed by atoms with Crippen molar-refractivity contribution in [3.05, 3.63) is 34.2 Å². The maximum atomic E-state index is 11.6. The van der Waals surface area contributed by atoms with Crippen molar-refractivity contribution in [3.8, 4) is 16.2 Å². The summed E-state index contributed by atoms with van der Waals surface area (Å²) in [5.41, 5.74) is 1.79. The minimum atomic E-state index is -1.19. The predicted molar refractivity (Wildman–Crippen MR) is 119 cm³/mol. The number of hydrogen-bond acceptors (Lipinski definition) is 5. The van der Waals surface area contributed by atoms with Crippen LogP contribution < -0.4 is 10.1 Å². The number of carboxylic acid groups (broad SMARTS) is 2. The quantitative estimate of drug-likeness (QED) is 0.506. The van der Waals surface area contributed by atoms with E-state index in [9.17, 15) is 14.7 Å². The molecule has 164 valence electrons.